The minimum Gasteiger partial charge on any atom is -0.489 e. The van der Waals surface area contributed by atoms with Gasteiger partial charge in [0.2, 0.25) is 0 Å². The maximum absolute atomic E-state index is 11.5. The average molecular weight is 300 g/mol. The third-order valence-electron chi connectivity index (χ3n) is 2.70. The third-order valence-corrected chi connectivity index (χ3v) is 2.70. The summed E-state index contributed by atoms with van der Waals surface area (Å²) in [5.74, 6) is -3.93. The van der Waals surface area contributed by atoms with E-state index < -0.39 is 17.9 Å². The topological polar surface area (TPSA) is 89.9 Å². The number of esters is 2. The first kappa shape index (κ1) is 15.2. The van der Waals surface area contributed by atoms with E-state index in [0.717, 1.165) is 5.56 Å². The fourth-order valence-corrected chi connectivity index (χ4v) is 1.61. The summed E-state index contributed by atoms with van der Waals surface area (Å²) in [7, 11) is 0. The van der Waals surface area contributed by atoms with Crippen LogP contribution in [0.3, 0.4) is 0 Å². The van der Waals surface area contributed by atoms with Crippen molar-refractivity contribution in [1.29, 1.82) is 0 Å². The van der Waals surface area contributed by atoms with Gasteiger partial charge in [0.15, 0.2) is 0 Å². The number of ether oxygens (including phenoxy) is 2. The highest BCUT2D eigenvalue weighted by molar-refractivity contribution is 6.31. The number of carbonyl (C=O) groups excluding carboxylic acids is 2. The first-order valence-corrected chi connectivity index (χ1v) is 6.32. The van der Waals surface area contributed by atoms with Crippen molar-refractivity contribution in [3.05, 3.63) is 65.7 Å². The van der Waals surface area contributed by atoms with Gasteiger partial charge in [0.05, 0.1) is 5.56 Å². The number of carboxylic acid groups (broad SMARTS) is 1. The van der Waals surface area contributed by atoms with Crippen LogP contribution in [0, 0.1) is 0 Å². The number of rotatable bonds is 4. The Bertz CT molecular complexity index is 676. The summed E-state index contributed by atoms with van der Waals surface area (Å²) in [5.41, 5.74) is 1.06. The number of aliphatic carboxylic acids is 1. The molecule has 0 aromatic heterocycles. The molecule has 6 heteroatoms. The minimum atomic E-state index is -1.82. The van der Waals surface area contributed by atoms with Gasteiger partial charge in [-0.3, -0.25) is 0 Å². The van der Waals surface area contributed by atoms with Crippen LogP contribution < -0.4 is 4.74 Å². The van der Waals surface area contributed by atoms with E-state index in [2.05, 4.69) is 4.74 Å². The molecule has 0 radical (unpaired) electrons. The zero-order valence-corrected chi connectivity index (χ0v) is 11.4. The highest BCUT2D eigenvalue weighted by Crippen LogP contribution is 2.15. The van der Waals surface area contributed by atoms with Crippen LogP contribution >= 0.6 is 0 Å². The second-order valence-electron chi connectivity index (χ2n) is 4.28. The van der Waals surface area contributed by atoms with Gasteiger partial charge in [0.1, 0.15) is 12.4 Å². The Balaban J connectivity index is 1.94. The summed E-state index contributed by atoms with van der Waals surface area (Å²) in [6.45, 7) is 0.377. The quantitative estimate of drug-likeness (QED) is 0.528. The predicted octanol–water partition coefficient (Wildman–Crippen LogP) is 2.03. The van der Waals surface area contributed by atoms with Gasteiger partial charge >= 0.3 is 17.9 Å². The maximum Gasteiger partial charge on any atom is 0.425 e. The molecule has 0 amide bonds. The fraction of sp³-hybridized carbons (Fsp3) is 0.0625. The standard InChI is InChI=1S/C16H12O6/c17-14(18)16(20)22-15(19)12-6-8-13(9-7-12)21-10-11-4-2-1-3-5-11/h1-9H,10H2,(H,17,18). The Kier molecular flexibility index (Phi) is 4.87. The van der Waals surface area contributed by atoms with E-state index in [1.807, 2.05) is 30.3 Å². The molecule has 112 valence electrons. The molecule has 0 saturated heterocycles. The predicted molar refractivity (Wildman–Crippen MR) is 75.3 cm³/mol. The summed E-state index contributed by atoms with van der Waals surface area (Å²) in [5, 5.41) is 8.35. The monoisotopic (exact) mass is 300 g/mol. The van der Waals surface area contributed by atoms with Gasteiger partial charge in [-0.2, -0.15) is 0 Å². The molecule has 0 aliphatic heterocycles. The second kappa shape index (κ2) is 7.03. The molecule has 2 aromatic rings. The van der Waals surface area contributed by atoms with Gasteiger partial charge in [-0.1, -0.05) is 30.3 Å². The van der Waals surface area contributed by atoms with E-state index >= 15 is 0 Å². The third kappa shape index (κ3) is 4.17. The lowest BCUT2D eigenvalue weighted by Crippen LogP contribution is -2.20. The van der Waals surface area contributed by atoms with Crippen LogP contribution in [0.4, 0.5) is 0 Å². The zero-order chi connectivity index (χ0) is 15.9. The average Bonchev–Trinajstić information content (AvgIpc) is 2.54. The summed E-state index contributed by atoms with van der Waals surface area (Å²) in [6.07, 6.45) is 0. The van der Waals surface area contributed by atoms with Gasteiger partial charge in [0, 0.05) is 0 Å². The Morgan fingerprint density at radius 2 is 1.55 bits per heavy atom. The normalized spacial score (nSPS) is 9.82. The Hall–Kier alpha value is -3.15. The van der Waals surface area contributed by atoms with Crippen molar-refractivity contribution in [1.82, 2.24) is 0 Å². The number of carboxylic acids is 1. The summed E-state index contributed by atoms with van der Waals surface area (Å²) >= 11 is 0. The summed E-state index contributed by atoms with van der Waals surface area (Å²) in [4.78, 5) is 32.6. The molecule has 2 aromatic carbocycles. The van der Waals surface area contributed by atoms with Crippen LogP contribution in [-0.2, 0) is 20.9 Å². The van der Waals surface area contributed by atoms with Gasteiger partial charge in [-0.05, 0) is 29.8 Å². The number of hydrogen-bond donors (Lipinski definition) is 1. The molecule has 0 atom stereocenters. The molecular formula is C16H12O6. The molecule has 0 bridgehead atoms. The largest absolute Gasteiger partial charge is 0.489 e. The number of benzene rings is 2. The molecule has 0 spiro atoms. The Morgan fingerprint density at radius 3 is 2.14 bits per heavy atom. The molecule has 6 nitrogen and oxygen atoms in total. The fourth-order valence-electron chi connectivity index (χ4n) is 1.61. The molecule has 0 aliphatic rings. The van der Waals surface area contributed by atoms with Crippen LogP contribution in [0.15, 0.2) is 54.6 Å². The Morgan fingerprint density at radius 1 is 0.909 bits per heavy atom. The van der Waals surface area contributed by atoms with Crippen molar-refractivity contribution < 1.29 is 29.0 Å². The maximum atomic E-state index is 11.5. The van der Waals surface area contributed by atoms with E-state index in [1.165, 1.54) is 24.3 Å². The van der Waals surface area contributed by atoms with E-state index in [1.54, 1.807) is 0 Å². The highest BCUT2D eigenvalue weighted by atomic mass is 16.6. The van der Waals surface area contributed by atoms with Crippen LogP contribution in [0.25, 0.3) is 0 Å². The van der Waals surface area contributed by atoms with Crippen molar-refractivity contribution in [2.45, 2.75) is 6.61 Å². The van der Waals surface area contributed by atoms with Crippen LogP contribution in [0.2, 0.25) is 0 Å². The second-order valence-corrected chi connectivity index (χ2v) is 4.28. The van der Waals surface area contributed by atoms with Crippen molar-refractivity contribution in [2.24, 2.45) is 0 Å². The van der Waals surface area contributed by atoms with Crippen LogP contribution in [0.5, 0.6) is 5.75 Å². The lowest BCUT2D eigenvalue weighted by atomic mass is 10.2. The Labute approximate surface area is 125 Å². The van der Waals surface area contributed by atoms with E-state index in [0.29, 0.717) is 12.4 Å². The lowest BCUT2D eigenvalue weighted by molar-refractivity contribution is -0.160. The first-order chi connectivity index (χ1) is 10.6. The van der Waals surface area contributed by atoms with Gasteiger partial charge in [-0.15, -0.1) is 0 Å². The minimum absolute atomic E-state index is 0.0571. The van der Waals surface area contributed by atoms with Crippen molar-refractivity contribution in [3.8, 4) is 5.75 Å². The molecule has 0 unspecified atom stereocenters. The smallest absolute Gasteiger partial charge is 0.425 e. The first-order valence-electron chi connectivity index (χ1n) is 6.32. The van der Waals surface area contributed by atoms with Crippen LogP contribution in [-0.4, -0.2) is 23.0 Å². The zero-order valence-electron chi connectivity index (χ0n) is 11.4. The summed E-state index contributed by atoms with van der Waals surface area (Å²) < 4.78 is 9.68. The molecular weight excluding hydrogens is 288 g/mol. The van der Waals surface area contributed by atoms with E-state index in [9.17, 15) is 14.4 Å². The number of hydrogen-bond acceptors (Lipinski definition) is 5. The molecule has 22 heavy (non-hydrogen) atoms. The molecule has 0 saturated carbocycles. The SMILES string of the molecule is O=C(O)C(=O)OC(=O)c1ccc(OCc2ccccc2)cc1. The molecule has 0 heterocycles. The lowest BCUT2D eigenvalue weighted by Gasteiger charge is -2.07. The molecule has 0 aliphatic carbocycles. The summed E-state index contributed by atoms with van der Waals surface area (Å²) in [6, 6.07) is 15.4. The molecule has 0 fully saturated rings. The molecule has 2 rings (SSSR count). The van der Waals surface area contributed by atoms with Crippen molar-refractivity contribution in [2.75, 3.05) is 0 Å². The highest BCUT2D eigenvalue weighted by Gasteiger charge is 2.19. The van der Waals surface area contributed by atoms with Crippen molar-refractivity contribution in [3.63, 3.8) is 0 Å². The van der Waals surface area contributed by atoms with Gasteiger partial charge < -0.3 is 14.6 Å². The van der Waals surface area contributed by atoms with Crippen molar-refractivity contribution >= 4 is 17.9 Å². The number of carbonyl (C=O) groups is 3. The van der Waals surface area contributed by atoms with Crippen LogP contribution in [0.1, 0.15) is 15.9 Å². The van der Waals surface area contributed by atoms with Gasteiger partial charge in [0.25, 0.3) is 0 Å². The van der Waals surface area contributed by atoms with Gasteiger partial charge in [-0.25, -0.2) is 14.4 Å². The van der Waals surface area contributed by atoms with E-state index in [4.69, 9.17) is 9.84 Å². The van der Waals surface area contributed by atoms with E-state index in [-0.39, 0.29) is 5.56 Å². The molecule has 1 N–H and O–H groups in total.